The summed E-state index contributed by atoms with van der Waals surface area (Å²) in [5, 5.41) is 11.6. The maximum Gasteiger partial charge on any atom is 0.303 e. The van der Waals surface area contributed by atoms with Gasteiger partial charge in [-0.15, -0.1) is 0 Å². The second kappa shape index (κ2) is 7.96. The first-order chi connectivity index (χ1) is 12.1. The minimum Gasteiger partial charge on any atom is -0.493 e. The van der Waals surface area contributed by atoms with E-state index in [-0.39, 0.29) is 31.3 Å². The minimum absolute atomic E-state index is 0.169. The summed E-state index contributed by atoms with van der Waals surface area (Å²) in [5.74, 6) is 0.823. The van der Waals surface area contributed by atoms with E-state index < -0.39 is 12.3 Å². The Morgan fingerprint density at radius 1 is 1.32 bits per heavy atom. The highest BCUT2D eigenvalue weighted by Gasteiger charge is 2.41. The number of pyridine rings is 1. The average molecular weight is 344 g/mol. The van der Waals surface area contributed by atoms with Crippen LogP contribution in [0.4, 0.5) is 10.2 Å². The third-order valence-electron chi connectivity index (χ3n) is 4.28. The van der Waals surface area contributed by atoms with E-state index >= 15 is 0 Å². The number of anilines is 1. The van der Waals surface area contributed by atoms with E-state index in [0.29, 0.717) is 11.6 Å². The molecular weight excluding hydrogens is 323 g/mol. The molecule has 1 heterocycles. The van der Waals surface area contributed by atoms with E-state index in [4.69, 9.17) is 9.84 Å². The van der Waals surface area contributed by atoms with Gasteiger partial charge in [-0.25, -0.2) is 9.37 Å². The molecule has 1 saturated carbocycles. The molecule has 1 aromatic carbocycles. The van der Waals surface area contributed by atoms with Crippen molar-refractivity contribution < 1.29 is 19.0 Å². The van der Waals surface area contributed by atoms with Crippen LogP contribution in [-0.4, -0.2) is 29.0 Å². The molecule has 0 saturated heterocycles. The van der Waals surface area contributed by atoms with Crippen LogP contribution in [0, 0.1) is 5.92 Å². The Labute approximate surface area is 145 Å². The first-order valence-corrected chi connectivity index (χ1v) is 8.38. The number of carboxylic acid groups (broad SMARTS) is 1. The number of hydrogen-bond donors (Lipinski definition) is 2. The summed E-state index contributed by atoms with van der Waals surface area (Å²) in [6.07, 6.45) is 1.58. The molecule has 1 aliphatic rings. The van der Waals surface area contributed by atoms with Crippen LogP contribution in [0.1, 0.15) is 30.7 Å². The van der Waals surface area contributed by atoms with Gasteiger partial charge in [-0.2, -0.15) is 0 Å². The van der Waals surface area contributed by atoms with Gasteiger partial charge in [0, 0.05) is 19.0 Å². The molecule has 2 N–H and O–H groups in total. The molecule has 6 heteroatoms. The van der Waals surface area contributed by atoms with E-state index in [1.54, 1.807) is 24.4 Å². The molecule has 0 spiro atoms. The second-order valence-electron chi connectivity index (χ2n) is 6.20. The number of nitrogens with zero attached hydrogens (tertiary/aromatic N) is 1. The van der Waals surface area contributed by atoms with Gasteiger partial charge in [0.1, 0.15) is 11.6 Å². The summed E-state index contributed by atoms with van der Waals surface area (Å²) >= 11 is 0. The number of halogens is 1. The molecule has 0 bridgehead atoms. The molecule has 3 unspecified atom stereocenters. The van der Waals surface area contributed by atoms with Gasteiger partial charge >= 0.3 is 5.97 Å². The second-order valence-corrected chi connectivity index (χ2v) is 6.20. The van der Waals surface area contributed by atoms with Crippen molar-refractivity contribution in [2.24, 2.45) is 5.92 Å². The highest BCUT2D eigenvalue weighted by Crippen LogP contribution is 2.52. The standard InChI is InChI=1S/C19H21FN2O3/c20-17(22-18-7-3-4-9-21-18)8-10-25-16-6-2-1-5-14(16)15-11-13(15)12-19(23)24/h1-7,9,13,15,17H,8,10-12H2,(H,21,22)(H,23,24). The Bertz CT molecular complexity index is 711. The fraction of sp³-hybridized carbons (Fsp3) is 0.368. The highest BCUT2D eigenvalue weighted by molar-refractivity contribution is 5.68. The Hall–Kier alpha value is -2.63. The number of carboxylic acids is 1. The molecule has 3 atom stereocenters. The average Bonchev–Trinajstić information content (AvgIpc) is 3.34. The number of rotatable bonds is 9. The Kier molecular flexibility index (Phi) is 5.48. The van der Waals surface area contributed by atoms with Crippen molar-refractivity contribution in [2.45, 2.75) is 31.5 Å². The Morgan fingerprint density at radius 2 is 2.12 bits per heavy atom. The molecule has 0 amide bonds. The van der Waals surface area contributed by atoms with E-state index in [9.17, 15) is 9.18 Å². The van der Waals surface area contributed by atoms with Crippen molar-refractivity contribution in [3.05, 3.63) is 54.2 Å². The lowest BCUT2D eigenvalue weighted by atomic mass is 10.1. The van der Waals surface area contributed by atoms with Crippen LogP contribution in [0.15, 0.2) is 48.7 Å². The zero-order chi connectivity index (χ0) is 17.6. The number of nitrogens with one attached hydrogen (secondary N) is 1. The number of carbonyl (C=O) groups is 1. The smallest absolute Gasteiger partial charge is 0.303 e. The Morgan fingerprint density at radius 3 is 2.88 bits per heavy atom. The fourth-order valence-electron chi connectivity index (χ4n) is 2.95. The summed E-state index contributed by atoms with van der Waals surface area (Å²) < 4.78 is 19.7. The van der Waals surface area contributed by atoms with Crippen molar-refractivity contribution >= 4 is 11.8 Å². The normalized spacial score (nSPS) is 19.9. The predicted molar refractivity (Wildman–Crippen MR) is 92.4 cm³/mol. The summed E-state index contributed by atoms with van der Waals surface area (Å²) in [6.45, 7) is 0.230. The van der Waals surface area contributed by atoms with Crippen molar-refractivity contribution in [3.63, 3.8) is 0 Å². The number of ether oxygens (including phenoxy) is 1. The van der Waals surface area contributed by atoms with Crippen molar-refractivity contribution in [1.82, 2.24) is 4.98 Å². The zero-order valence-corrected chi connectivity index (χ0v) is 13.8. The van der Waals surface area contributed by atoms with E-state index in [1.165, 1.54) is 0 Å². The van der Waals surface area contributed by atoms with Crippen LogP contribution in [-0.2, 0) is 4.79 Å². The van der Waals surface area contributed by atoms with Gasteiger partial charge in [0.2, 0.25) is 0 Å². The van der Waals surface area contributed by atoms with Gasteiger partial charge in [0.05, 0.1) is 6.61 Å². The largest absolute Gasteiger partial charge is 0.493 e. The lowest BCUT2D eigenvalue weighted by Gasteiger charge is -2.14. The van der Waals surface area contributed by atoms with Crippen LogP contribution in [0.5, 0.6) is 5.75 Å². The van der Waals surface area contributed by atoms with Crippen LogP contribution in [0.2, 0.25) is 0 Å². The molecule has 1 aromatic heterocycles. The number of para-hydroxylation sites is 1. The third kappa shape index (κ3) is 4.92. The molecule has 2 aromatic rings. The SMILES string of the molecule is O=C(O)CC1CC1c1ccccc1OCCC(F)Nc1ccccn1. The van der Waals surface area contributed by atoms with Crippen molar-refractivity contribution in [3.8, 4) is 5.75 Å². The van der Waals surface area contributed by atoms with Crippen LogP contribution in [0.25, 0.3) is 0 Å². The molecule has 0 aliphatic heterocycles. The van der Waals surface area contributed by atoms with Crippen LogP contribution < -0.4 is 10.1 Å². The van der Waals surface area contributed by atoms with Gasteiger partial charge in [0.15, 0.2) is 6.30 Å². The monoisotopic (exact) mass is 344 g/mol. The fourth-order valence-corrected chi connectivity index (χ4v) is 2.95. The number of aromatic nitrogens is 1. The van der Waals surface area contributed by atoms with Crippen molar-refractivity contribution in [1.29, 1.82) is 0 Å². The molecule has 3 rings (SSSR count). The highest BCUT2D eigenvalue weighted by atomic mass is 19.1. The van der Waals surface area contributed by atoms with E-state index in [1.807, 2.05) is 24.3 Å². The van der Waals surface area contributed by atoms with Gasteiger partial charge in [-0.05, 0) is 42.0 Å². The van der Waals surface area contributed by atoms with Gasteiger partial charge in [-0.1, -0.05) is 24.3 Å². The number of aliphatic carboxylic acids is 1. The molecule has 1 aliphatic carbocycles. The number of benzene rings is 1. The quantitative estimate of drug-likeness (QED) is 0.676. The topological polar surface area (TPSA) is 71.5 Å². The third-order valence-corrected chi connectivity index (χ3v) is 4.28. The van der Waals surface area contributed by atoms with Crippen molar-refractivity contribution in [2.75, 3.05) is 11.9 Å². The maximum absolute atomic E-state index is 14.0. The molecule has 25 heavy (non-hydrogen) atoms. The lowest BCUT2D eigenvalue weighted by molar-refractivity contribution is -0.137. The van der Waals surface area contributed by atoms with Crippen LogP contribution >= 0.6 is 0 Å². The summed E-state index contributed by atoms with van der Waals surface area (Å²) in [4.78, 5) is 14.8. The maximum atomic E-state index is 14.0. The summed E-state index contributed by atoms with van der Waals surface area (Å²) in [5.41, 5.74) is 1.02. The zero-order valence-electron chi connectivity index (χ0n) is 13.8. The summed E-state index contributed by atoms with van der Waals surface area (Å²) in [7, 11) is 0. The van der Waals surface area contributed by atoms with Gasteiger partial charge in [0.25, 0.3) is 0 Å². The van der Waals surface area contributed by atoms with E-state index in [2.05, 4.69) is 10.3 Å². The molecule has 0 radical (unpaired) electrons. The van der Waals surface area contributed by atoms with Gasteiger partial charge < -0.3 is 15.2 Å². The number of hydrogen-bond acceptors (Lipinski definition) is 4. The van der Waals surface area contributed by atoms with Crippen LogP contribution in [0.3, 0.4) is 0 Å². The first kappa shape index (κ1) is 17.2. The lowest BCUT2D eigenvalue weighted by Crippen LogP contribution is -2.17. The first-order valence-electron chi connectivity index (χ1n) is 8.38. The molecular formula is C19H21FN2O3. The number of alkyl halides is 1. The van der Waals surface area contributed by atoms with E-state index in [0.717, 1.165) is 12.0 Å². The van der Waals surface area contributed by atoms with Gasteiger partial charge in [-0.3, -0.25) is 4.79 Å². The predicted octanol–water partition coefficient (Wildman–Crippen LogP) is 3.84. The summed E-state index contributed by atoms with van der Waals surface area (Å²) in [6, 6.07) is 12.9. The Balaban J connectivity index is 1.49. The minimum atomic E-state index is -1.25. The molecule has 1 fully saturated rings. The molecule has 132 valence electrons. The molecule has 5 nitrogen and oxygen atoms in total.